The molecular formula is C15H18O5. The van der Waals surface area contributed by atoms with Crippen LogP contribution in [0.25, 0.3) is 11.2 Å². The standard InChI is InChI=1S/C15H18O5/c1-14(2,3)15(4,5)13(17)20-10-8-6-7-9(18-8)11(10)19-12(7)16/h6,12,16H,1-5H3. The smallest absolute Gasteiger partial charge is 0.317 e. The van der Waals surface area contributed by atoms with Gasteiger partial charge in [-0.1, -0.05) is 20.8 Å². The Bertz CT molecular complexity index is 674. The maximum Gasteiger partial charge on any atom is 0.317 e. The predicted molar refractivity (Wildman–Crippen MR) is 71.9 cm³/mol. The van der Waals surface area contributed by atoms with Crippen LogP contribution in [0.4, 0.5) is 0 Å². The summed E-state index contributed by atoms with van der Waals surface area (Å²) in [4.78, 5) is 12.4. The molecule has 1 N–H and O–H groups in total. The normalized spacial score (nSPS) is 18.6. The van der Waals surface area contributed by atoms with Crippen LogP contribution in [0.15, 0.2) is 10.5 Å². The number of rotatable bonds is 2. The van der Waals surface area contributed by atoms with Gasteiger partial charge in [0, 0.05) is 0 Å². The zero-order valence-electron chi connectivity index (χ0n) is 12.2. The molecule has 2 aromatic heterocycles. The first-order valence-corrected chi connectivity index (χ1v) is 6.58. The topological polar surface area (TPSA) is 68.9 Å². The second-order valence-electron chi connectivity index (χ2n) is 6.79. The average Bonchev–Trinajstić information content (AvgIpc) is 2.91. The SMILES string of the molecule is CC(C)(C)C(C)(C)C(=O)Oc1c2c3oc1cc3C(O)O2. The van der Waals surface area contributed by atoms with Gasteiger partial charge < -0.3 is 19.0 Å². The number of ether oxygens (including phenoxy) is 2. The van der Waals surface area contributed by atoms with E-state index in [2.05, 4.69) is 0 Å². The molecule has 0 fully saturated rings. The summed E-state index contributed by atoms with van der Waals surface area (Å²) >= 11 is 0. The number of aliphatic hydroxyl groups excluding tert-OH is 1. The minimum Gasteiger partial charge on any atom is -0.453 e. The van der Waals surface area contributed by atoms with Crippen LogP contribution in [0.3, 0.4) is 0 Å². The zero-order valence-corrected chi connectivity index (χ0v) is 12.2. The van der Waals surface area contributed by atoms with Gasteiger partial charge in [0.25, 0.3) is 0 Å². The molecule has 5 heteroatoms. The van der Waals surface area contributed by atoms with E-state index in [-0.39, 0.29) is 17.1 Å². The van der Waals surface area contributed by atoms with E-state index in [1.54, 1.807) is 6.07 Å². The molecule has 1 atom stereocenters. The van der Waals surface area contributed by atoms with E-state index in [0.29, 0.717) is 22.5 Å². The van der Waals surface area contributed by atoms with E-state index in [1.807, 2.05) is 34.6 Å². The van der Waals surface area contributed by atoms with Crippen LogP contribution in [0.2, 0.25) is 0 Å². The number of fused-ring (bicyclic) bond motifs is 1. The van der Waals surface area contributed by atoms with Crippen molar-refractivity contribution in [3.05, 3.63) is 11.6 Å². The molecular weight excluding hydrogens is 260 g/mol. The van der Waals surface area contributed by atoms with Crippen LogP contribution >= 0.6 is 0 Å². The number of aliphatic hydroxyl groups is 1. The molecule has 0 aromatic carbocycles. The molecule has 1 aliphatic rings. The molecule has 1 unspecified atom stereocenters. The highest BCUT2D eigenvalue weighted by Gasteiger charge is 2.44. The third kappa shape index (κ3) is 1.56. The van der Waals surface area contributed by atoms with E-state index in [9.17, 15) is 9.90 Å². The van der Waals surface area contributed by atoms with Gasteiger partial charge in [-0.15, -0.1) is 0 Å². The van der Waals surface area contributed by atoms with Crippen molar-refractivity contribution in [3.8, 4) is 11.5 Å². The van der Waals surface area contributed by atoms with E-state index < -0.39 is 11.7 Å². The molecule has 0 aliphatic carbocycles. The molecule has 5 nitrogen and oxygen atoms in total. The fourth-order valence-corrected chi connectivity index (χ4v) is 2.00. The van der Waals surface area contributed by atoms with Crippen molar-refractivity contribution in [2.75, 3.05) is 0 Å². The van der Waals surface area contributed by atoms with Gasteiger partial charge in [-0.3, -0.25) is 4.79 Å². The monoisotopic (exact) mass is 278 g/mol. The summed E-state index contributed by atoms with van der Waals surface area (Å²) in [6.45, 7) is 9.65. The first-order chi connectivity index (χ1) is 9.13. The van der Waals surface area contributed by atoms with E-state index in [1.165, 1.54) is 0 Å². The van der Waals surface area contributed by atoms with E-state index >= 15 is 0 Å². The summed E-state index contributed by atoms with van der Waals surface area (Å²) in [6, 6.07) is 1.64. The molecule has 108 valence electrons. The second-order valence-corrected chi connectivity index (χ2v) is 6.79. The molecule has 3 heterocycles. The number of esters is 1. The lowest BCUT2D eigenvalue weighted by atomic mass is 9.69. The van der Waals surface area contributed by atoms with Crippen LogP contribution in [-0.4, -0.2) is 11.1 Å². The van der Waals surface area contributed by atoms with E-state index in [0.717, 1.165) is 0 Å². The molecule has 0 spiro atoms. The highest BCUT2D eigenvalue weighted by Crippen LogP contribution is 2.53. The lowest BCUT2D eigenvalue weighted by molar-refractivity contribution is -0.150. The van der Waals surface area contributed by atoms with Crippen LogP contribution in [-0.2, 0) is 4.79 Å². The maximum absolute atomic E-state index is 12.4. The summed E-state index contributed by atoms with van der Waals surface area (Å²) in [7, 11) is 0. The molecule has 3 rings (SSSR count). The minimum atomic E-state index is -1.04. The Morgan fingerprint density at radius 3 is 2.55 bits per heavy atom. The summed E-state index contributed by atoms with van der Waals surface area (Å²) in [6.07, 6.45) is -1.04. The Morgan fingerprint density at radius 2 is 1.95 bits per heavy atom. The number of benzene rings is 1. The lowest BCUT2D eigenvalue weighted by Gasteiger charge is -2.35. The first-order valence-electron chi connectivity index (χ1n) is 6.58. The summed E-state index contributed by atoms with van der Waals surface area (Å²) < 4.78 is 16.2. The first kappa shape index (κ1) is 13.2. The summed E-state index contributed by atoms with van der Waals surface area (Å²) in [5, 5.41) is 9.66. The molecule has 20 heavy (non-hydrogen) atoms. The molecule has 2 bridgehead atoms. The van der Waals surface area contributed by atoms with Crippen molar-refractivity contribution < 1.29 is 23.8 Å². The Balaban J connectivity index is 1.91. The molecule has 1 aliphatic heterocycles. The number of hydrogen-bond acceptors (Lipinski definition) is 5. The maximum atomic E-state index is 12.4. The number of hydrogen-bond donors (Lipinski definition) is 1. The molecule has 0 amide bonds. The van der Waals surface area contributed by atoms with Crippen molar-refractivity contribution in [2.45, 2.75) is 40.9 Å². The van der Waals surface area contributed by atoms with Gasteiger partial charge >= 0.3 is 5.97 Å². The van der Waals surface area contributed by atoms with Crippen molar-refractivity contribution in [1.29, 1.82) is 0 Å². The fourth-order valence-electron chi connectivity index (χ4n) is 2.00. The van der Waals surface area contributed by atoms with E-state index in [4.69, 9.17) is 13.9 Å². The number of carbonyl (C=O) groups excluding carboxylic acids is 1. The molecule has 2 aromatic rings. The largest absolute Gasteiger partial charge is 0.453 e. The predicted octanol–water partition coefficient (Wildman–Crippen LogP) is 3.23. The van der Waals surface area contributed by atoms with Gasteiger partial charge in [-0.25, -0.2) is 0 Å². The zero-order chi connectivity index (χ0) is 14.9. The van der Waals surface area contributed by atoms with Crippen molar-refractivity contribution in [2.24, 2.45) is 10.8 Å². The minimum absolute atomic E-state index is 0.247. The van der Waals surface area contributed by atoms with Crippen LogP contribution in [0, 0.1) is 10.8 Å². The second kappa shape index (κ2) is 3.67. The van der Waals surface area contributed by atoms with Gasteiger partial charge in [-0.05, 0) is 25.3 Å². The lowest BCUT2D eigenvalue weighted by Crippen LogP contribution is -2.40. The molecule has 0 saturated carbocycles. The van der Waals surface area contributed by atoms with Crippen LogP contribution in [0.1, 0.15) is 46.5 Å². The Labute approximate surface area is 116 Å². The van der Waals surface area contributed by atoms with Crippen LogP contribution in [0.5, 0.6) is 11.5 Å². The van der Waals surface area contributed by atoms with Gasteiger partial charge in [0.2, 0.25) is 17.8 Å². The summed E-state index contributed by atoms with van der Waals surface area (Å²) in [5.74, 6) is 0.238. The average molecular weight is 278 g/mol. The Kier molecular flexibility index (Phi) is 2.43. The van der Waals surface area contributed by atoms with Gasteiger partial charge in [0.05, 0.1) is 11.0 Å². The summed E-state index contributed by atoms with van der Waals surface area (Å²) in [5.41, 5.74) is 0.563. The highest BCUT2D eigenvalue weighted by molar-refractivity contribution is 5.90. The molecule has 0 saturated heterocycles. The number of furan rings is 2. The Hall–Kier alpha value is -1.75. The number of carbonyl (C=O) groups is 1. The van der Waals surface area contributed by atoms with Crippen molar-refractivity contribution >= 4 is 17.1 Å². The quantitative estimate of drug-likeness (QED) is 0.674. The van der Waals surface area contributed by atoms with Gasteiger partial charge in [0.1, 0.15) is 0 Å². The van der Waals surface area contributed by atoms with Gasteiger partial charge in [0.15, 0.2) is 11.2 Å². The fraction of sp³-hybridized carbons (Fsp3) is 0.533. The third-order valence-corrected chi connectivity index (χ3v) is 4.47. The van der Waals surface area contributed by atoms with Crippen molar-refractivity contribution in [1.82, 2.24) is 0 Å². The molecule has 0 radical (unpaired) electrons. The van der Waals surface area contributed by atoms with Crippen LogP contribution < -0.4 is 9.47 Å². The van der Waals surface area contributed by atoms with Gasteiger partial charge in [-0.2, -0.15) is 0 Å². The third-order valence-electron chi connectivity index (χ3n) is 4.47. The highest BCUT2D eigenvalue weighted by atomic mass is 16.6. The van der Waals surface area contributed by atoms with Crippen molar-refractivity contribution in [3.63, 3.8) is 0 Å². The Morgan fingerprint density at radius 1 is 1.30 bits per heavy atom.